The number of hydrogen-bond donors (Lipinski definition) is 1. The lowest BCUT2D eigenvalue weighted by Gasteiger charge is -2.26. The van der Waals surface area contributed by atoms with Crippen LogP contribution in [0, 0.1) is 11.6 Å². The number of benzene rings is 1. The number of carbonyl (C=O) groups is 1. The predicted molar refractivity (Wildman–Crippen MR) is 106 cm³/mol. The van der Waals surface area contributed by atoms with Crippen LogP contribution in [0.25, 0.3) is 0 Å². The maximum absolute atomic E-state index is 13.4. The van der Waals surface area contributed by atoms with Crippen molar-refractivity contribution in [2.75, 3.05) is 43.3 Å². The van der Waals surface area contributed by atoms with E-state index < -0.39 is 21.7 Å². The third kappa shape index (κ3) is 7.35. The molecule has 1 heterocycles. The molecule has 9 heteroatoms. The zero-order valence-electron chi connectivity index (χ0n) is 16.3. The Labute approximate surface area is 165 Å². The second kappa shape index (κ2) is 10.7. The molecule has 6 nitrogen and oxygen atoms in total. The summed E-state index contributed by atoms with van der Waals surface area (Å²) in [6.45, 7) is 3.83. The number of carbonyl (C=O) groups excluding carboxylic acids is 1. The Morgan fingerprint density at radius 1 is 1.14 bits per heavy atom. The molecule has 1 amide bonds. The fourth-order valence-electron chi connectivity index (χ4n) is 3.31. The van der Waals surface area contributed by atoms with E-state index in [0.717, 1.165) is 48.7 Å². The highest BCUT2D eigenvalue weighted by Gasteiger charge is 2.19. The van der Waals surface area contributed by atoms with Gasteiger partial charge in [0.2, 0.25) is 15.9 Å². The SMILES string of the molecule is CS(=O)(=O)N(CCCC(=O)NCCCN1CCCCC1)c1ccc(F)c(F)c1. The van der Waals surface area contributed by atoms with Crippen LogP contribution < -0.4 is 9.62 Å². The molecule has 1 N–H and O–H groups in total. The molecule has 0 unspecified atom stereocenters. The van der Waals surface area contributed by atoms with E-state index in [2.05, 4.69) is 10.2 Å². The van der Waals surface area contributed by atoms with Crippen molar-refractivity contribution in [1.82, 2.24) is 10.2 Å². The van der Waals surface area contributed by atoms with Gasteiger partial charge < -0.3 is 10.2 Å². The van der Waals surface area contributed by atoms with Gasteiger partial charge in [-0.25, -0.2) is 17.2 Å². The van der Waals surface area contributed by atoms with Gasteiger partial charge in [-0.15, -0.1) is 0 Å². The number of rotatable bonds is 10. The first-order valence-electron chi connectivity index (χ1n) is 9.69. The average Bonchev–Trinajstić information content (AvgIpc) is 2.65. The normalized spacial score (nSPS) is 15.4. The quantitative estimate of drug-likeness (QED) is 0.594. The molecule has 158 valence electrons. The highest BCUT2D eigenvalue weighted by molar-refractivity contribution is 7.92. The van der Waals surface area contributed by atoms with Crippen LogP contribution in [0.15, 0.2) is 18.2 Å². The fourth-order valence-corrected chi connectivity index (χ4v) is 4.27. The minimum Gasteiger partial charge on any atom is -0.356 e. The first kappa shape index (κ1) is 22.5. The molecule has 0 spiro atoms. The molecular formula is C19H29F2N3O3S. The molecule has 0 bridgehead atoms. The van der Waals surface area contributed by atoms with Crippen molar-refractivity contribution in [3.8, 4) is 0 Å². The smallest absolute Gasteiger partial charge is 0.232 e. The number of halogens is 2. The number of sulfonamides is 1. The zero-order valence-corrected chi connectivity index (χ0v) is 17.1. The standard InChI is InChI=1S/C19H29F2N3O3S/c1-28(26,27)24(16-8-9-17(20)18(21)15-16)14-5-7-19(25)22-10-6-13-23-11-3-2-4-12-23/h8-9,15H,2-7,10-14H2,1H3,(H,22,25). The van der Waals surface area contributed by atoms with Crippen molar-refractivity contribution in [1.29, 1.82) is 0 Å². The molecule has 1 aromatic rings. The molecule has 1 saturated heterocycles. The number of anilines is 1. The van der Waals surface area contributed by atoms with Crippen LogP contribution >= 0.6 is 0 Å². The molecule has 28 heavy (non-hydrogen) atoms. The molecule has 1 fully saturated rings. The van der Waals surface area contributed by atoms with Gasteiger partial charge in [0, 0.05) is 25.6 Å². The molecule has 1 aliphatic rings. The molecule has 0 aliphatic carbocycles. The monoisotopic (exact) mass is 417 g/mol. The van der Waals surface area contributed by atoms with E-state index in [1.165, 1.54) is 25.3 Å². The summed E-state index contributed by atoms with van der Waals surface area (Å²) in [5.74, 6) is -2.30. The number of nitrogens with zero attached hydrogens (tertiary/aromatic N) is 2. The van der Waals surface area contributed by atoms with Gasteiger partial charge in [-0.05, 0) is 57.5 Å². The number of nitrogens with one attached hydrogen (secondary N) is 1. The highest BCUT2D eigenvalue weighted by atomic mass is 32.2. The van der Waals surface area contributed by atoms with E-state index in [1.54, 1.807) is 0 Å². The summed E-state index contributed by atoms with van der Waals surface area (Å²) in [6.07, 6.45) is 6.10. The van der Waals surface area contributed by atoms with E-state index in [4.69, 9.17) is 0 Å². The highest BCUT2D eigenvalue weighted by Crippen LogP contribution is 2.21. The Morgan fingerprint density at radius 3 is 2.50 bits per heavy atom. The van der Waals surface area contributed by atoms with E-state index >= 15 is 0 Å². The number of hydrogen-bond acceptors (Lipinski definition) is 4. The summed E-state index contributed by atoms with van der Waals surface area (Å²) in [5.41, 5.74) is 0.0448. The summed E-state index contributed by atoms with van der Waals surface area (Å²) in [7, 11) is -3.67. The maximum Gasteiger partial charge on any atom is 0.232 e. The Bertz CT molecular complexity index is 753. The van der Waals surface area contributed by atoms with Gasteiger partial charge in [0.15, 0.2) is 11.6 Å². The topological polar surface area (TPSA) is 69.7 Å². The Morgan fingerprint density at radius 2 is 1.86 bits per heavy atom. The van der Waals surface area contributed by atoms with E-state index in [9.17, 15) is 22.0 Å². The van der Waals surface area contributed by atoms with Crippen LogP contribution in [0.3, 0.4) is 0 Å². The summed E-state index contributed by atoms with van der Waals surface area (Å²) in [6, 6.07) is 2.94. The fraction of sp³-hybridized carbons (Fsp3) is 0.632. The van der Waals surface area contributed by atoms with Crippen molar-refractivity contribution in [2.45, 2.75) is 38.5 Å². The summed E-state index contributed by atoms with van der Waals surface area (Å²) >= 11 is 0. The largest absolute Gasteiger partial charge is 0.356 e. The van der Waals surface area contributed by atoms with Gasteiger partial charge in [-0.2, -0.15) is 0 Å². The average molecular weight is 418 g/mol. The van der Waals surface area contributed by atoms with Gasteiger partial charge in [0.25, 0.3) is 0 Å². The minimum atomic E-state index is -3.67. The zero-order chi connectivity index (χ0) is 20.6. The predicted octanol–water partition coefficient (Wildman–Crippen LogP) is 2.50. The van der Waals surface area contributed by atoms with Gasteiger partial charge in [-0.3, -0.25) is 9.10 Å². The Balaban J connectivity index is 1.73. The van der Waals surface area contributed by atoms with Crippen molar-refractivity contribution >= 4 is 21.6 Å². The van der Waals surface area contributed by atoms with Crippen molar-refractivity contribution < 1.29 is 22.0 Å². The lowest BCUT2D eigenvalue weighted by molar-refractivity contribution is -0.121. The minimum absolute atomic E-state index is 0.0190. The lowest BCUT2D eigenvalue weighted by atomic mass is 10.1. The number of amides is 1. The third-order valence-electron chi connectivity index (χ3n) is 4.78. The summed E-state index contributed by atoms with van der Waals surface area (Å²) < 4.78 is 51.4. The third-order valence-corrected chi connectivity index (χ3v) is 5.97. The van der Waals surface area contributed by atoms with Crippen LogP contribution in [0.2, 0.25) is 0 Å². The Hall–Kier alpha value is -1.74. The second-order valence-corrected chi connectivity index (χ2v) is 9.05. The van der Waals surface area contributed by atoms with Crippen molar-refractivity contribution in [3.63, 3.8) is 0 Å². The van der Waals surface area contributed by atoms with Gasteiger partial charge in [0.05, 0.1) is 11.9 Å². The van der Waals surface area contributed by atoms with Gasteiger partial charge in [-0.1, -0.05) is 6.42 Å². The second-order valence-electron chi connectivity index (χ2n) is 7.14. The molecule has 0 saturated carbocycles. The van der Waals surface area contributed by atoms with Gasteiger partial charge in [0.1, 0.15) is 0 Å². The summed E-state index contributed by atoms with van der Waals surface area (Å²) in [4.78, 5) is 14.4. The number of likely N-dealkylation sites (tertiary alicyclic amines) is 1. The van der Waals surface area contributed by atoms with Crippen LogP contribution in [-0.4, -0.2) is 58.2 Å². The van der Waals surface area contributed by atoms with Crippen LogP contribution in [0.5, 0.6) is 0 Å². The van der Waals surface area contributed by atoms with Crippen LogP contribution in [0.1, 0.15) is 38.5 Å². The van der Waals surface area contributed by atoms with Crippen molar-refractivity contribution in [2.24, 2.45) is 0 Å². The molecule has 0 atom stereocenters. The number of piperidine rings is 1. The Kier molecular flexibility index (Phi) is 8.62. The molecule has 2 rings (SSSR count). The summed E-state index contributed by atoms with van der Waals surface area (Å²) in [5, 5.41) is 2.85. The molecule has 1 aromatic carbocycles. The lowest BCUT2D eigenvalue weighted by Crippen LogP contribution is -2.34. The molecular weight excluding hydrogens is 388 g/mol. The van der Waals surface area contributed by atoms with Crippen molar-refractivity contribution in [3.05, 3.63) is 29.8 Å². The molecule has 0 aromatic heterocycles. The first-order valence-corrected chi connectivity index (χ1v) is 11.5. The molecule has 0 radical (unpaired) electrons. The molecule has 1 aliphatic heterocycles. The van der Waals surface area contributed by atoms with Crippen LogP contribution in [-0.2, 0) is 14.8 Å². The van der Waals surface area contributed by atoms with Gasteiger partial charge >= 0.3 is 0 Å². The van der Waals surface area contributed by atoms with Crippen LogP contribution in [0.4, 0.5) is 14.5 Å². The maximum atomic E-state index is 13.4. The first-order chi connectivity index (χ1) is 13.3. The van der Waals surface area contributed by atoms with E-state index in [1.807, 2.05) is 0 Å². The van der Waals surface area contributed by atoms with E-state index in [-0.39, 0.29) is 31.0 Å². The van der Waals surface area contributed by atoms with E-state index in [0.29, 0.717) is 6.54 Å².